The highest BCUT2D eigenvalue weighted by molar-refractivity contribution is 5.76. The minimum Gasteiger partial charge on any atom is -0.466 e. The van der Waals surface area contributed by atoms with E-state index in [1.807, 2.05) is 6.08 Å². The van der Waals surface area contributed by atoms with E-state index in [1.54, 1.807) is 6.08 Å². The minimum atomic E-state index is -1.58. The molecule has 1 rings (SSSR count). The number of ether oxygens (including phenoxy) is 3. The lowest BCUT2D eigenvalue weighted by Crippen LogP contribution is -2.60. The quantitative estimate of drug-likeness (QED) is 0.0196. The molecule has 0 saturated carbocycles. The lowest BCUT2D eigenvalue weighted by atomic mass is 9.99. The van der Waals surface area contributed by atoms with Gasteiger partial charge in [0.05, 0.1) is 32.0 Å². The molecule has 1 aliphatic rings. The molecule has 0 aliphatic carbocycles. The summed E-state index contributed by atoms with van der Waals surface area (Å²) in [5.41, 5.74) is 0. The smallest absolute Gasteiger partial charge is 0.305 e. The number of rotatable bonds is 44. The van der Waals surface area contributed by atoms with E-state index in [1.165, 1.54) is 116 Å². The Hall–Kier alpha value is -1.86. The Bertz CT molecular complexity index is 1100. The monoisotopic (exact) mass is 896 g/mol. The third kappa shape index (κ3) is 33.3. The van der Waals surface area contributed by atoms with Gasteiger partial charge in [0.2, 0.25) is 5.91 Å². The molecule has 6 N–H and O–H groups in total. The maximum Gasteiger partial charge on any atom is 0.305 e. The van der Waals surface area contributed by atoms with Gasteiger partial charge in [-0.05, 0) is 57.8 Å². The van der Waals surface area contributed by atoms with Gasteiger partial charge in [-0.2, -0.15) is 0 Å². The summed E-state index contributed by atoms with van der Waals surface area (Å²) in [7, 11) is 0. The van der Waals surface area contributed by atoms with Crippen LogP contribution in [-0.2, 0) is 23.8 Å². The zero-order valence-corrected chi connectivity index (χ0v) is 40.3. The van der Waals surface area contributed by atoms with Gasteiger partial charge in [0.25, 0.3) is 0 Å². The van der Waals surface area contributed by atoms with Crippen LogP contribution in [0.2, 0.25) is 0 Å². The molecule has 0 aromatic carbocycles. The standard InChI is InChI=1S/C52H97NO10/c1-3-5-7-9-11-13-14-15-16-17-20-24-28-32-36-40-48(57)61-41-37-33-29-25-21-18-19-23-27-31-35-39-47(56)53-44(45(55)38-34-30-26-22-12-10-8-6-4-2)43-62-52-51(60)50(59)49(58)46(42-54)63-52/h21,25,34,38,44-46,49-52,54-55,58-60H,3-20,22-24,26-33,35-37,39-43H2,1-2H3,(H,53,56)/b25-21-,38-34+. The molecule has 0 spiro atoms. The van der Waals surface area contributed by atoms with E-state index in [4.69, 9.17) is 14.2 Å². The molecule has 7 atom stereocenters. The molecule has 0 bridgehead atoms. The van der Waals surface area contributed by atoms with E-state index in [0.717, 1.165) is 89.9 Å². The van der Waals surface area contributed by atoms with E-state index in [0.29, 0.717) is 19.4 Å². The van der Waals surface area contributed by atoms with Crippen molar-refractivity contribution in [1.29, 1.82) is 0 Å². The second kappa shape index (κ2) is 42.8. The molecule has 1 amide bonds. The second-order valence-electron chi connectivity index (χ2n) is 18.2. The van der Waals surface area contributed by atoms with Gasteiger partial charge in [0.1, 0.15) is 24.4 Å². The molecule has 1 heterocycles. The van der Waals surface area contributed by atoms with Gasteiger partial charge in [-0.3, -0.25) is 9.59 Å². The van der Waals surface area contributed by atoms with E-state index >= 15 is 0 Å². The molecule has 7 unspecified atom stereocenters. The summed E-state index contributed by atoms with van der Waals surface area (Å²) in [6.45, 7) is 4.20. The fourth-order valence-corrected chi connectivity index (χ4v) is 8.07. The summed E-state index contributed by atoms with van der Waals surface area (Å²) in [5, 5.41) is 54.0. The highest BCUT2D eigenvalue weighted by Crippen LogP contribution is 2.23. The average molecular weight is 896 g/mol. The van der Waals surface area contributed by atoms with Crippen LogP contribution in [-0.4, -0.2) is 100 Å². The first-order chi connectivity index (χ1) is 30.7. The third-order valence-corrected chi connectivity index (χ3v) is 12.3. The number of nitrogens with one attached hydrogen (secondary N) is 1. The molecule has 11 nitrogen and oxygen atoms in total. The first-order valence-corrected chi connectivity index (χ1v) is 26.1. The summed E-state index contributed by atoms with van der Waals surface area (Å²) in [4.78, 5) is 25.0. The Morgan fingerprint density at radius 3 is 1.52 bits per heavy atom. The zero-order valence-electron chi connectivity index (χ0n) is 40.3. The molecule has 0 aromatic rings. The van der Waals surface area contributed by atoms with Gasteiger partial charge in [0.15, 0.2) is 6.29 Å². The SMILES string of the molecule is CCCCCCCCC/C=C/C(O)C(COC1OC(CO)C(O)C(O)C1O)NC(=O)CCCCCCC/C=C\CCCCOC(=O)CCCCCCCCCCCCCCCCC. The van der Waals surface area contributed by atoms with Crippen LogP contribution < -0.4 is 5.32 Å². The maximum absolute atomic E-state index is 12.9. The van der Waals surface area contributed by atoms with Crippen molar-refractivity contribution in [2.75, 3.05) is 19.8 Å². The zero-order chi connectivity index (χ0) is 46.0. The first-order valence-electron chi connectivity index (χ1n) is 26.1. The van der Waals surface area contributed by atoms with Gasteiger partial charge in [-0.1, -0.05) is 186 Å². The van der Waals surface area contributed by atoms with Crippen LogP contribution in [0.5, 0.6) is 0 Å². The van der Waals surface area contributed by atoms with Gasteiger partial charge in [-0.25, -0.2) is 0 Å². The normalized spacial score (nSPS) is 20.1. The number of carbonyl (C=O) groups is 2. The molecule has 370 valence electrons. The third-order valence-electron chi connectivity index (χ3n) is 12.3. The fourth-order valence-electron chi connectivity index (χ4n) is 8.07. The van der Waals surface area contributed by atoms with Crippen LogP contribution in [0.1, 0.15) is 232 Å². The molecular formula is C52H97NO10. The van der Waals surface area contributed by atoms with Crippen LogP contribution >= 0.6 is 0 Å². The van der Waals surface area contributed by atoms with Gasteiger partial charge >= 0.3 is 5.97 Å². The van der Waals surface area contributed by atoms with E-state index in [9.17, 15) is 35.1 Å². The first kappa shape index (κ1) is 59.2. The summed E-state index contributed by atoms with van der Waals surface area (Å²) in [6, 6.07) is -0.828. The number of unbranched alkanes of at least 4 members (excludes halogenated alkanes) is 28. The van der Waals surface area contributed by atoms with Gasteiger partial charge in [-0.15, -0.1) is 0 Å². The molecule has 11 heteroatoms. The van der Waals surface area contributed by atoms with Crippen LogP contribution in [0.25, 0.3) is 0 Å². The number of aliphatic hydroxyl groups excluding tert-OH is 5. The Kier molecular flexibility index (Phi) is 40.1. The summed E-state index contributed by atoms with van der Waals surface area (Å²) < 4.78 is 16.6. The Labute approximate surface area is 384 Å². The largest absolute Gasteiger partial charge is 0.466 e. The lowest BCUT2D eigenvalue weighted by molar-refractivity contribution is -0.302. The molecule has 0 aromatic heterocycles. The molecule has 1 saturated heterocycles. The van der Waals surface area contributed by atoms with Gasteiger partial charge < -0.3 is 45.1 Å². The van der Waals surface area contributed by atoms with E-state index < -0.39 is 49.5 Å². The van der Waals surface area contributed by atoms with Crippen molar-refractivity contribution in [1.82, 2.24) is 5.32 Å². The Morgan fingerprint density at radius 1 is 0.571 bits per heavy atom. The fraction of sp³-hybridized carbons (Fsp3) is 0.885. The average Bonchev–Trinajstić information content (AvgIpc) is 3.28. The Morgan fingerprint density at radius 2 is 1.02 bits per heavy atom. The molecule has 63 heavy (non-hydrogen) atoms. The predicted molar refractivity (Wildman–Crippen MR) is 255 cm³/mol. The highest BCUT2D eigenvalue weighted by atomic mass is 16.7. The summed E-state index contributed by atoms with van der Waals surface area (Å²) in [5.74, 6) is -0.268. The van der Waals surface area contributed by atoms with Gasteiger partial charge in [0, 0.05) is 12.8 Å². The van der Waals surface area contributed by atoms with E-state index in [-0.39, 0.29) is 18.5 Å². The number of esters is 1. The number of hydrogen-bond acceptors (Lipinski definition) is 10. The number of aliphatic hydroxyl groups is 5. The Balaban J connectivity index is 2.15. The van der Waals surface area contributed by atoms with Crippen LogP contribution in [0.4, 0.5) is 0 Å². The number of carbonyl (C=O) groups excluding carboxylic acids is 2. The number of allylic oxidation sites excluding steroid dienone is 3. The maximum atomic E-state index is 12.9. The molecule has 1 fully saturated rings. The van der Waals surface area contributed by atoms with Crippen molar-refractivity contribution in [2.45, 2.75) is 275 Å². The van der Waals surface area contributed by atoms with Crippen molar-refractivity contribution < 1.29 is 49.3 Å². The molecule has 0 radical (unpaired) electrons. The van der Waals surface area contributed by atoms with Crippen LogP contribution in [0, 0.1) is 0 Å². The van der Waals surface area contributed by atoms with E-state index in [2.05, 4.69) is 31.3 Å². The summed E-state index contributed by atoms with van der Waals surface area (Å²) >= 11 is 0. The van der Waals surface area contributed by atoms with Crippen molar-refractivity contribution >= 4 is 11.9 Å². The molecular weight excluding hydrogens is 799 g/mol. The summed E-state index contributed by atoms with van der Waals surface area (Å²) in [6.07, 6.45) is 38.4. The molecule has 1 aliphatic heterocycles. The van der Waals surface area contributed by atoms with Crippen molar-refractivity contribution in [3.05, 3.63) is 24.3 Å². The van der Waals surface area contributed by atoms with Crippen LogP contribution in [0.15, 0.2) is 24.3 Å². The highest BCUT2D eigenvalue weighted by Gasteiger charge is 2.44. The van der Waals surface area contributed by atoms with Crippen molar-refractivity contribution in [3.63, 3.8) is 0 Å². The van der Waals surface area contributed by atoms with Crippen molar-refractivity contribution in [2.24, 2.45) is 0 Å². The predicted octanol–water partition coefficient (Wildman–Crippen LogP) is 10.6. The lowest BCUT2D eigenvalue weighted by Gasteiger charge is -2.40. The second-order valence-corrected chi connectivity index (χ2v) is 18.2. The van der Waals surface area contributed by atoms with Crippen LogP contribution in [0.3, 0.4) is 0 Å². The number of hydrogen-bond donors (Lipinski definition) is 6. The number of amides is 1. The topological polar surface area (TPSA) is 175 Å². The minimum absolute atomic E-state index is 0.0550. The van der Waals surface area contributed by atoms with Crippen molar-refractivity contribution in [3.8, 4) is 0 Å².